The third-order valence-electron chi connectivity index (χ3n) is 5.31. The number of nitrogens with zero attached hydrogens (tertiary/aromatic N) is 2. The fourth-order valence-electron chi connectivity index (χ4n) is 3.49. The molecule has 3 aromatic carbocycles. The molecule has 0 fully saturated rings. The van der Waals surface area contributed by atoms with E-state index in [1.165, 1.54) is 4.31 Å². The number of thiazole rings is 1. The van der Waals surface area contributed by atoms with Crippen molar-refractivity contribution in [3.63, 3.8) is 0 Å². The fourth-order valence-corrected chi connectivity index (χ4v) is 5.76. The van der Waals surface area contributed by atoms with Crippen LogP contribution in [-0.2, 0) is 21.4 Å². The molecule has 6 nitrogen and oxygen atoms in total. The van der Waals surface area contributed by atoms with Crippen molar-refractivity contribution >= 4 is 48.9 Å². The van der Waals surface area contributed by atoms with Crippen molar-refractivity contribution in [3.05, 3.63) is 98.8 Å². The van der Waals surface area contributed by atoms with Gasteiger partial charge < -0.3 is 5.32 Å². The quantitative estimate of drug-likeness (QED) is 0.281. The Labute approximate surface area is 217 Å². The summed E-state index contributed by atoms with van der Waals surface area (Å²) in [7, 11) is -3.91. The Morgan fingerprint density at radius 1 is 1.03 bits per heavy atom. The minimum absolute atomic E-state index is 0.0645. The first-order valence-electron chi connectivity index (χ1n) is 10.8. The number of halogens is 1. The van der Waals surface area contributed by atoms with E-state index in [1.807, 2.05) is 61.7 Å². The second kappa shape index (κ2) is 10.8. The molecule has 0 aliphatic rings. The first-order chi connectivity index (χ1) is 16.7. The highest BCUT2D eigenvalue weighted by Crippen LogP contribution is 2.25. The lowest BCUT2D eigenvalue weighted by Gasteiger charge is -2.22. The van der Waals surface area contributed by atoms with Gasteiger partial charge in [0.2, 0.25) is 15.9 Å². The molecular weight excluding hydrogens is 546 g/mol. The zero-order chi connectivity index (χ0) is 25.0. The largest absolute Gasteiger partial charge is 0.325 e. The van der Waals surface area contributed by atoms with Gasteiger partial charge in [-0.25, -0.2) is 13.4 Å². The molecule has 0 spiro atoms. The molecule has 0 aliphatic carbocycles. The maximum Gasteiger partial charge on any atom is 0.243 e. The minimum atomic E-state index is -3.91. The van der Waals surface area contributed by atoms with E-state index in [2.05, 4.69) is 26.2 Å². The van der Waals surface area contributed by atoms with Crippen LogP contribution < -0.4 is 5.32 Å². The number of rotatable bonds is 8. The van der Waals surface area contributed by atoms with Crippen molar-refractivity contribution in [3.8, 4) is 11.3 Å². The van der Waals surface area contributed by atoms with Crippen molar-refractivity contribution in [1.29, 1.82) is 0 Å². The lowest BCUT2D eigenvalue weighted by atomic mass is 10.1. The maximum absolute atomic E-state index is 13.5. The van der Waals surface area contributed by atoms with E-state index in [9.17, 15) is 13.2 Å². The lowest BCUT2D eigenvalue weighted by Crippen LogP contribution is -2.37. The molecule has 0 unspecified atom stereocenters. The highest BCUT2D eigenvalue weighted by atomic mass is 79.9. The van der Waals surface area contributed by atoms with Crippen LogP contribution in [0.4, 0.5) is 5.69 Å². The minimum Gasteiger partial charge on any atom is -0.325 e. The van der Waals surface area contributed by atoms with Crippen molar-refractivity contribution in [1.82, 2.24) is 9.29 Å². The standard InChI is InChI=1S/C26H24BrN3O3S2/c1-18-6-12-24(13-7-18)35(32,33)30(15-20-8-10-22(27)11-9-20)16-26(31)29-23-5-3-4-21(14-23)25-17-34-19(2)28-25/h3-14,17H,15-16H2,1-2H3,(H,29,31). The van der Waals surface area contributed by atoms with Gasteiger partial charge in [-0.2, -0.15) is 4.31 Å². The van der Waals surface area contributed by atoms with Crippen LogP contribution in [0, 0.1) is 13.8 Å². The molecule has 1 N–H and O–H groups in total. The van der Waals surface area contributed by atoms with Gasteiger partial charge in [0, 0.05) is 27.6 Å². The molecule has 4 rings (SSSR count). The zero-order valence-corrected chi connectivity index (χ0v) is 22.5. The van der Waals surface area contributed by atoms with Crippen LogP contribution in [0.1, 0.15) is 16.1 Å². The van der Waals surface area contributed by atoms with Gasteiger partial charge in [-0.05, 0) is 55.8 Å². The summed E-state index contributed by atoms with van der Waals surface area (Å²) < 4.78 is 29.0. The number of benzene rings is 3. The number of sulfonamides is 1. The van der Waals surface area contributed by atoms with Gasteiger partial charge in [0.1, 0.15) is 0 Å². The predicted molar refractivity (Wildman–Crippen MR) is 144 cm³/mol. The molecule has 0 saturated carbocycles. The van der Waals surface area contributed by atoms with Gasteiger partial charge in [-0.1, -0.05) is 57.9 Å². The van der Waals surface area contributed by atoms with Gasteiger partial charge >= 0.3 is 0 Å². The van der Waals surface area contributed by atoms with Crippen LogP contribution in [0.15, 0.2) is 87.5 Å². The number of aryl methyl sites for hydroxylation is 2. The van der Waals surface area contributed by atoms with Crippen LogP contribution >= 0.6 is 27.3 Å². The summed E-state index contributed by atoms with van der Waals surface area (Å²) in [5, 5.41) is 5.76. The van der Waals surface area contributed by atoms with Crippen LogP contribution in [0.5, 0.6) is 0 Å². The second-order valence-electron chi connectivity index (χ2n) is 8.09. The average molecular weight is 571 g/mol. The van der Waals surface area contributed by atoms with Gasteiger partial charge in [0.25, 0.3) is 0 Å². The SMILES string of the molecule is Cc1ccc(S(=O)(=O)N(CC(=O)Nc2cccc(-c3csc(C)n3)c2)Cc2ccc(Br)cc2)cc1. The number of aromatic nitrogens is 1. The molecule has 1 heterocycles. The van der Waals surface area contributed by atoms with E-state index >= 15 is 0 Å². The van der Waals surface area contributed by atoms with E-state index in [1.54, 1.807) is 41.7 Å². The van der Waals surface area contributed by atoms with Crippen LogP contribution in [-0.4, -0.2) is 30.2 Å². The van der Waals surface area contributed by atoms with Gasteiger partial charge in [0.15, 0.2) is 0 Å². The summed E-state index contributed by atoms with van der Waals surface area (Å²) in [5.74, 6) is -0.426. The van der Waals surface area contributed by atoms with Crippen molar-refractivity contribution in [2.75, 3.05) is 11.9 Å². The van der Waals surface area contributed by atoms with E-state index in [0.29, 0.717) is 5.69 Å². The topological polar surface area (TPSA) is 79.4 Å². The number of amides is 1. The molecular formula is C26H24BrN3O3S2. The number of hydrogen-bond donors (Lipinski definition) is 1. The lowest BCUT2D eigenvalue weighted by molar-refractivity contribution is -0.116. The molecule has 0 saturated heterocycles. The van der Waals surface area contributed by atoms with Crippen LogP contribution in [0.2, 0.25) is 0 Å². The average Bonchev–Trinajstić information content (AvgIpc) is 3.27. The third kappa shape index (κ3) is 6.43. The predicted octanol–water partition coefficient (Wildman–Crippen LogP) is 6.02. The monoisotopic (exact) mass is 569 g/mol. The molecule has 0 atom stereocenters. The third-order valence-corrected chi connectivity index (χ3v) is 8.42. The summed E-state index contributed by atoms with van der Waals surface area (Å²) >= 11 is 4.95. The smallest absolute Gasteiger partial charge is 0.243 e. The fraction of sp³-hybridized carbons (Fsp3) is 0.154. The summed E-state index contributed by atoms with van der Waals surface area (Å²) in [6.07, 6.45) is 0. The molecule has 1 amide bonds. The Morgan fingerprint density at radius 3 is 2.40 bits per heavy atom. The Kier molecular flexibility index (Phi) is 7.81. The summed E-state index contributed by atoms with van der Waals surface area (Å²) in [4.78, 5) is 17.6. The van der Waals surface area contributed by atoms with E-state index in [-0.39, 0.29) is 18.0 Å². The van der Waals surface area contributed by atoms with E-state index in [0.717, 1.165) is 31.9 Å². The molecule has 180 valence electrons. The number of anilines is 1. The highest BCUT2D eigenvalue weighted by molar-refractivity contribution is 9.10. The van der Waals surface area contributed by atoms with E-state index < -0.39 is 15.9 Å². The molecule has 1 aromatic heterocycles. The zero-order valence-electron chi connectivity index (χ0n) is 19.2. The first kappa shape index (κ1) is 25.2. The van der Waals surface area contributed by atoms with Crippen LogP contribution in [0.3, 0.4) is 0 Å². The maximum atomic E-state index is 13.5. The summed E-state index contributed by atoms with van der Waals surface area (Å²) in [5.41, 5.74) is 4.02. The van der Waals surface area contributed by atoms with Crippen molar-refractivity contribution < 1.29 is 13.2 Å². The Hall–Kier alpha value is -2.85. The highest BCUT2D eigenvalue weighted by Gasteiger charge is 2.27. The molecule has 35 heavy (non-hydrogen) atoms. The Bertz CT molecular complexity index is 1430. The molecule has 9 heteroatoms. The number of carbonyl (C=O) groups is 1. The van der Waals surface area contributed by atoms with Gasteiger partial charge in [0.05, 0.1) is 22.1 Å². The van der Waals surface area contributed by atoms with Gasteiger partial charge in [-0.3, -0.25) is 4.79 Å². The van der Waals surface area contributed by atoms with Crippen molar-refractivity contribution in [2.24, 2.45) is 0 Å². The van der Waals surface area contributed by atoms with Crippen molar-refractivity contribution in [2.45, 2.75) is 25.3 Å². The number of hydrogen-bond acceptors (Lipinski definition) is 5. The first-order valence-corrected chi connectivity index (χ1v) is 14.0. The molecule has 0 bridgehead atoms. The molecule has 0 radical (unpaired) electrons. The van der Waals surface area contributed by atoms with Gasteiger partial charge in [-0.15, -0.1) is 11.3 Å². The number of nitrogens with one attached hydrogen (secondary N) is 1. The summed E-state index contributed by atoms with van der Waals surface area (Å²) in [6, 6.07) is 21.3. The Morgan fingerprint density at radius 2 is 1.74 bits per heavy atom. The normalized spacial score (nSPS) is 11.5. The second-order valence-corrected chi connectivity index (χ2v) is 12.0. The summed E-state index contributed by atoms with van der Waals surface area (Å²) in [6.45, 7) is 3.57. The molecule has 4 aromatic rings. The number of carbonyl (C=O) groups excluding carboxylic acids is 1. The Balaban J connectivity index is 1.57. The van der Waals surface area contributed by atoms with Crippen LogP contribution in [0.25, 0.3) is 11.3 Å². The van der Waals surface area contributed by atoms with E-state index in [4.69, 9.17) is 0 Å². The molecule has 0 aliphatic heterocycles.